The summed E-state index contributed by atoms with van der Waals surface area (Å²) in [4.78, 5) is 3.84. The van der Waals surface area contributed by atoms with E-state index >= 15 is 0 Å². The number of nitrogens with one attached hydrogen (secondary N) is 1. The second-order valence-electron chi connectivity index (χ2n) is 11.3. The number of aromatic nitrogens is 1. The minimum Gasteiger partial charge on any atom is -0.456 e. The average molecular weight is 562 g/mol. The molecule has 0 unspecified atom stereocenters. The third-order valence-corrected chi connectivity index (χ3v) is 8.87. The van der Waals surface area contributed by atoms with Gasteiger partial charge in [-0.3, -0.25) is 0 Å². The minimum atomic E-state index is 0.897. The first kappa shape index (κ1) is 24.7. The largest absolute Gasteiger partial charge is 0.456 e. The van der Waals surface area contributed by atoms with Crippen LogP contribution in [0.3, 0.4) is 0 Å². The number of fused-ring (bicyclic) bond motifs is 6. The molecule has 0 aliphatic carbocycles. The summed E-state index contributed by atoms with van der Waals surface area (Å²) >= 11 is 0. The fraction of sp³-hybridized carbons (Fsp3) is 0. The van der Waals surface area contributed by atoms with Crippen molar-refractivity contribution in [2.75, 3.05) is 0 Å². The van der Waals surface area contributed by atoms with Crippen LogP contribution in [0, 0.1) is 0 Å². The SMILES string of the molecule is c1ccc(-c2ccccc2-c2ccccc2-c2c(-c3cccc4oc5ccccc5c34)ccc3c2[nH]c2ccccc23)cc1. The van der Waals surface area contributed by atoms with Gasteiger partial charge >= 0.3 is 0 Å². The van der Waals surface area contributed by atoms with E-state index in [-0.39, 0.29) is 0 Å². The fourth-order valence-electron chi connectivity index (χ4n) is 6.95. The zero-order valence-corrected chi connectivity index (χ0v) is 23.9. The molecule has 7 aromatic carbocycles. The summed E-state index contributed by atoms with van der Waals surface area (Å²) in [6, 6.07) is 56.2. The number of hydrogen-bond donors (Lipinski definition) is 1. The maximum Gasteiger partial charge on any atom is 0.136 e. The fourth-order valence-corrected chi connectivity index (χ4v) is 6.95. The summed E-state index contributed by atoms with van der Waals surface area (Å²) < 4.78 is 6.35. The van der Waals surface area contributed by atoms with Gasteiger partial charge in [-0.15, -0.1) is 0 Å². The molecule has 2 aromatic heterocycles. The Kier molecular flexibility index (Phi) is 5.54. The molecule has 2 heteroatoms. The molecule has 0 radical (unpaired) electrons. The van der Waals surface area contributed by atoms with E-state index in [2.05, 4.69) is 157 Å². The van der Waals surface area contributed by atoms with Crippen LogP contribution in [0.4, 0.5) is 0 Å². The highest BCUT2D eigenvalue weighted by Gasteiger charge is 2.22. The Hall–Kier alpha value is -5.86. The highest BCUT2D eigenvalue weighted by molar-refractivity contribution is 6.19. The molecule has 9 rings (SSSR count). The Balaban J connectivity index is 1.41. The van der Waals surface area contributed by atoms with Gasteiger partial charge in [0.05, 0.1) is 5.52 Å². The van der Waals surface area contributed by atoms with E-state index in [0.29, 0.717) is 0 Å². The summed E-state index contributed by atoms with van der Waals surface area (Å²) in [5.41, 5.74) is 13.6. The van der Waals surface area contributed by atoms with Crippen LogP contribution in [0.15, 0.2) is 162 Å². The van der Waals surface area contributed by atoms with Crippen LogP contribution in [0.2, 0.25) is 0 Å². The second-order valence-corrected chi connectivity index (χ2v) is 11.3. The molecule has 1 N–H and O–H groups in total. The highest BCUT2D eigenvalue weighted by Crippen LogP contribution is 2.47. The molecule has 0 aliphatic rings. The quantitative estimate of drug-likeness (QED) is 0.227. The van der Waals surface area contributed by atoms with Gasteiger partial charge in [0.1, 0.15) is 11.2 Å². The Morgan fingerprint density at radius 2 is 0.977 bits per heavy atom. The first-order valence-electron chi connectivity index (χ1n) is 15.0. The molecule has 0 spiro atoms. The lowest BCUT2D eigenvalue weighted by molar-refractivity contribution is 0.669. The summed E-state index contributed by atoms with van der Waals surface area (Å²) in [5, 5.41) is 4.71. The lowest BCUT2D eigenvalue weighted by Crippen LogP contribution is -1.93. The van der Waals surface area contributed by atoms with Crippen LogP contribution in [-0.2, 0) is 0 Å². The predicted molar refractivity (Wildman–Crippen MR) is 185 cm³/mol. The van der Waals surface area contributed by atoms with E-state index in [1.807, 2.05) is 6.07 Å². The maximum atomic E-state index is 6.35. The summed E-state index contributed by atoms with van der Waals surface area (Å²) in [6.45, 7) is 0. The normalized spacial score (nSPS) is 11.6. The standard InChI is InChI=1S/C42H27NO/c1-2-13-27(14-3-1)28-15-4-5-16-29(28)30-17-6-7-19-32(30)41-34(25-26-35-31-18-8-10-22-37(31)43-42(35)41)33-21-12-24-39-40(33)36-20-9-11-23-38(36)44-39/h1-26,43H. The van der Waals surface area contributed by atoms with Crippen LogP contribution in [0.5, 0.6) is 0 Å². The van der Waals surface area contributed by atoms with Gasteiger partial charge in [0.15, 0.2) is 0 Å². The lowest BCUT2D eigenvalue weighted by atomic mass is 9.85. The third kappa shape index (κ3) is 3.75. The van der Waals surface area contributed by atoms with Gasteiger partial charge in [-0.05, 0) is 57.1 Å². The number of aromatic amines is 1. The number of para-hydroxylation sites is 2. The van der Waals surface area contributed by atoms with Crippen LogP contribution in [0.25, 0.3) is 88.3 Å². The van der Waals surface area contributed by atoms with E-state index in [1.54, 1.807) is 0 Å². The van der Waals surface area contributed by atoms with Crippen molar-refractivity contribution < 1.29 is 4.42 Å². The number of hydrogen-bond acceptors (Lipinski definition) is 1. The summed E-state index contributed by atoms with van der Waals surface area (Å²) in [7, 11) is 0. The second kappa shape index (κ2) is 9.86. The Morgan fingerprint density at radius 3 is 1.82 bits per heavy atom. The zero-order chi connectivity index (χ0) is 29.0. The molecular formula is C42H27NO. The van der Waals surface area contributed by atoms with Crippen molar-refractivity contribution in [1.82, 2.24) is 4.98 Å². The number of benzene rings is 7. The van der Waals surface area contributed by atoms with Crippen molar-refractivity contribution in [3.05, 3.63) is 158 Å². The summed E-state index contributed by atoms with van der Waals surface area (Å²) in [6.07, 6.45) is 0. The molecule has 2 nitrogen and oxygen atoms in total. The molecule has 0 saturated carbocycles. The van der Waals surface area contributed by atoms with Crippen LogP contribution < -0.4 is 0 Å². The molecule has 0 aliphatic heterocycles. The van der Waals surface area contributed by atoms with Crippen molar-refractivity contribution in [3.63, 3.8) is 0 Å². The van der Waals surface area contributed by atoms with Gasteiger partial charge in [-0.2, -0.15) is 0 Å². The van der Waals surface area contributed by atoms with Crippen LogP contribution in [0.1, 0.15) is 0 Å². The molecule has 0 fully saturated rings. The molecule has 206 valence electrons. The van der Waals surface area contributed by atoms with E-state index < -0.39 is 0 Å². The van der Waals surface area contributed by atoms with Crippen molar-refractivity contribution in [1.29, 1.82) is 0 Å². The first-order chi connectivity index (χ1) is 21.8. The van der Waals surface area contributed by atoms with E-state index in [0.717, 1.165) is 38.5 Å². The van der Waals surface area contributed by atoms with Crippen molar-refractivity contribution >= 4 is 43.7 Å². The molecule has 0 bridgehead atoms. The monoisotopic (exact) mass is 561 g/mol. The molecule has 2 heterocycles. The topological polar surface area (TPSA) is 28.9 Å². The Labute approximate surface area is 254 Å². The first-order valence-corrected chi connectivity index (χ1v) is 15.0. The Morgan fingerprint density at radius 1 is 0.364 bits per heavy atom. The molecular weight excluding hydrogens is 534 g/mol. The van der Waals surface area contributed by atoms with E-state index in [4.69, 9.17) is 4.42 Å². The molecule has 0 atom stereocenters. The predicted octanol–water partition coefficient (Wildman–Crippen LogP) is 11.9. The lowest BCUT2D eigenvalue weighted by Gasteiger charge is -2.18. The smallest absolute Gasteiger partial charge is 0.136 e. The van der Waals surface area contributed by atoms with E-state index in [1.165, 1.54) is 49.7 Å². The molecule has 9 aromatic rings. The zero-order valence-electron chi connectivity index (χ0n) is 23.9. The van der Waals surface area contributed by atoms with Crippen molar-refractivity contribution in [2.45, 2.75) is 0 Å². The van der Waals surface area contributed by atoms with Crippen LogP contribution >= 0.6 is 0 Å². The van der Waals surface area contributed by atoms with Gasteiger partial charge in [0.2, 0.25) is 0 Å². The highest BCUT2D eigenvalue weighted by atomic mass is 16.3. The van der Waals surface area contributed by atoms with Gasteiger partial charge in [-0.25, -0.2) is 0 Å². The van der Waals surface area contributed by atoms with Crippen molar-refractivity contribution in [2.24, 2.45) is 0 Å². The number of H-pyrrole nitrogens is 1. The van der Waals surface area contributed by atoms with E-state index in [9.17, 15) is 0 Å². The summed E-state index contributed by atoms with van der Waals surface area (Å²) in [5.74, 6) is 0. The van der Waals surface area contributed by atoms with Gasteiger partial charge in [0.25, 0.3) is 0 Å². The van der Waals surface area contributed by atoms with Crippen molar-refractivity contribution in [3.8, 4) is 44.5 Å². The Bertz CT molecular complexity index is 2500. The minimum absolute atomic E-state index is 0.897. The number of furan rings is 1. The average Bonchev–Trinajstić information content (AvgIpc) is 3.67. The third-order valence-electron chi connectivity index (χ3n) is 8.87. The molecule has 44 heavy (non-hydrogen) atoms. The van der Waals surface area contributed by atoms with Gasteiger partial charge < -0.3 is 9.40 Å². The molecule has 0 amide bonds. The van der Waals surface area contributed by atoms with Gasteiger partial charge in [-0.1, -0.05) is 140 Å². The molecule has 0 saturated heterocycles. The van der Waals surface area contributed by atoms with Crippen LogP contribution in [-0.4, -0.2) is 4.98 Å². The maximum absolute atomic E-state index is 6.35. The number of rotatable bonds is 4. The van der Waals surface area contributed by atoms with Gasteiger partial charge in [0, 0.05) is 32.6 Å².